The van der Waals surface area contributed by atoms with Gasteiger partial charge in [-0.15, -0.1) is 0 Å². The summed E-state index contributed by atoms with van der Waals surface area (Å²) in [5.74, 6) is 0.833. The highest BCUT2D eigenvalue weighted by Crippen LogP contribution is 2.35. The Morgan fingerprint density at radius 3 is 2.62 bits per heavy atom. The largest absolute Gasteiger partial charge is 0.497 e. The highest BCUT2D eigenvalue weighted by molar-refractivity contribution is 6.31. The Labute approximate surface area is 238 Å². The van der Waals surface area contributed by atoms with Crippen LogP contribution < -0.4 is 10.1 Å². The SMILES string of the molecule is CCN(CC)CCCC(C)Nc1c2ccc(Cl)cc2nc2ccc(OC)cc12.O=[N+]([O-])c1cccc2cn[nH]c12. The first-order chi connectivity index (χ1) is 19.3. The standard InChI is InChI=1S/C23H30ClN3O.C7H5N3O2/c1-5-27(6-2)13-7-8-16(3)25-23-19-11-9-17(24)14-22(19)26-21-12-10-18(28-4)15-20(21)23;11-10(12)6-3-1-2-5-4-8-9-7(5)6/h9-12,14-16H,5-8,13H2,1-4H3,(H,25,26);1-4H,(H,8,9). The number of aromatic amines is 1. The van der Waals surface area contributed by atoms with Gasteiger partial charge in [0, 0.05) is 33.3 Å². The van der Waals surface area contributed by atoms with Crippen molar-refractivity contribution in [2.45, 2.75) is 39.7 Å². The zero-order valence-corrected chi connectivity index (χ0v) is 24.0. The first kappa shape index (κ1) is 29.0. The van der Waals surface area contributed by atoms with Gasteiger partial charge in [0.15, 0.2) is 0 Å². The third kappa shape index (κ3) is 6.78. The number of rotatable bonds is 10. The summed E-state index contributed by atoms with van der Waals surface area (Å²) in [7, 11) is 1.69. The number of nitrogens with zero attached hydrogens (tertiary/aromatic N) is 4. The van der Waals surface area contributed by atoms with E-state index in [0.29, 0.717) is 16.6 Å². The molecule has 0 spiro atoms. The molecule has 2 heterocycles. The van der Waals surface area contributed by atoms with E-state index >= 15 is 0 Å². The van der Waals surface area contributed by atoms with Gasteiger partial charge in [-0.05, 0) is 75.8 Å². The molecule has 0 bridgehead atoms. The molecule has 10 heteroatoms. The second kappa shape index (κ2) is 13.4. The molecule has 0 saturated carbocycles. The highest BCUT2D eigenvalue weighted by atomic mass is 35.5. The van der Waals surface area contributed by atoms with Crippen molar-refractivity contribution >= 4 is 55.7 Å². The van der Waals surface area contributed by atoms with Gasteiger partial charge < -0.3 is 15.0 Å². The average molecular weight is 563 g/mol. The van der Waals surface area contributed by atoms with E-state index in [9.17, 15) is 10.1 Å². The lowest BCUT2D eigenvalue weighted by atomic mass is 10.1. The zero-order chi connectivity index (χ0) is 28.6. The average Bonchev–Trinajstić information content (AvgIpc) is 3.44. The second-order valence-corrected chi connectivity index (χ2v) is 10.1. The van der Waals surface area contributed by atoms with Crippen molar-refractivity contribution in [3.05, 3.63) is 75.9 Å². The number of H-pyrrole nitrogens is 1. The quantitative estimate of drug-likeness (QED) is 0.103. The fourth-order valence-corrected chi connectivity index (χ4v) is 4.93. The number of benzene rings is 3. The van der Waals surface area contributed by atoms with Gasteiger partial charge in [-0.3, -0.25) is 15.2 Å². The second-order valence-electron chi connectivity index (χ2n) is 9.61. The maximum atomic E-state index is 10.5. The summed E-state index contributed by atoms with van der Waals surface area (Å²) in [5, 5.41) is 24.1. The van der Waals surface area contributed by atoms with E-state index < -0.39 is 4.92 Å². The number of nitrogens with one attached hydrogen (secondary N) is 2. The van der Waals surface area contributed by atoms with E-state index in [0.717, 1.165) is 64.7 Å². The van der Waals surface area contributed by atoms with Crippen LogP contribution in [0, 0.1) is 10.1 Å². The minimum Gasteiger partial charge on any atom is -0.497 e. The molecule has 0 aliphatic rings. The lowest BCUT2D eigenvalue weighted by molar-refractivity contribution is -0.383. The van der Waals surface area contributed by atoms with Crippen LogP contribution in [0.2, 0.25) is 5.02 Å². The molecule has 1 unspecified atom stereocenters. The van der Waals surface area contributed by atoms with Crippen molar-refractivity contribution in [2.24, 2.45) is 0 Å². The molecule has 1 atom stereocenters. The van der Waals surface area contributed by atoms with Gasteiger partial charge in [0.1, 0.15) is 11.3 Å². The number of fused-ring (bicyclic) bond motifs is 3. The van der Waals surface area contributed by atoms with E-state index in [1.54, 1.807) is 25.4 Å². The molecule has 0 saturated heterocycles. The van der Waals surface area contributed by atoms with Crippen LogP contribution in [-0.2, 0) is 0 Å². The summed E-state index contributed by atoms with van der Waals surface area (Å²) >= 11 is 6.22. The molecule has 2 N–H and O–H groups in total. The van der Waals surface area contributed by atoms with Crippen molar-refractivity contribution in [1.82, 2.24) is 20.1 Å². The first-order valence-electron chi connectivity index (χ1n) is 13.5. The molecule has 0 fully saturated rings. The van der Waals surface area contributed by atoms with Crippen LogP contribution in [0.15, 0.2) is 60.8 Å². The summed E-state index contributed by atoms with van der Waals surface area (Å²) in [4.78, 5) is 17.3. The molecule has 0 radical (unpaired) electrons. The van der Waals surface area contributed by atoms with Crippen LogP contribution in [0.4, 0.5) is 11.4 Å². The fraction of sp³-hybridized carbons (Fsp3) is 0.333. The number of para-hydroxylation sites is 1. The van der Waals surface area contributed by atoms with E-state index in [-0.39, 0.29) is 5.69 Å². The van der Waals surface area contributed by atoms with Crippen molar-refractivity contribution in [2.75, 3.05) is 32.1 Å². The van der Waals surface area contributed by atoms with Gasteiger partial charge in [0.2, 0.25) is 0 Å². The zero-order valence-electron chi connectivity index (χ0n) is 23.3. The number of pyridine rings is 1. The topological polar surface area (TPSA) is 109 Å². The molecular weight excluding hydrogens is 528 g/mol. The molecule has 0 amide bonds. The normalized spacial score (nSPS) is 11.9. The summed E-state index contributed by atoms with van der Waals surface area (Å²) in [6.07, 6.45) is 3.84. The Hall–Kier alpha value is -3.95. The van der Waals surface area contributed by atoms with Crippen LogP contribution in [0.5, 0.6) is 5.75 Å². The molecule has 5 aromatic rings. The molecule has 40 heavy (non-hydrogen) atoms. The Kier molecular flexibility index (Phi) is 9.74. The van der Waals surface area contributed by atoms with Crippen molar-refractivity contribution in [3.8, 4) is 5.75 Å². The van der Waals surface area contributed by atoms with Crippen molar-refractivity contribution in [1.29, 1.82) is 0 Å². The van der Waals surface area contributed by atoms with Gasteiger partial charge in [-0.1, -0.05) is 37.6 Å². The van der Waals surface area contributed by atoms with Gasteiger partial charge in [-0.25, -0.2) is 4.98 Å². The molecule has 210 valence electrons. The summed E-state index contributed by atoms with van der Waals surface area (Å²) in [6.45, 7) is 10.0. The van der Waals surface area contributed by atoms with E-state index in [1.165, 1.54) is 12.5 Å². The van der Waals surface area contributed by atoms with Gasteiger partial charge in [0.25, 0.3) is 5.69 Å². The molecule has 0 aliphatic heterocycles. The first-order valence-corrected chi connectivity index (χ1v) is 13.8. The Morgan fingerprint density at radius 2 is 1.90 bits per heavy atom. The molecule has 3 aromatic carbocycles. The summed E-state index contributed by atoms with van der Waals surface area (Å²) in [5.41, 5.74) is 3.48. The number of nitro groups is 1. The smallest absolute Gasteiger partial charge is 0.294 e. The van der Waals surface area contributed by atoms with Gasteiger partial charge in [-0.2, -0.15) is 5.10 Å². The number of ether oxygens (including phenoxy) is 1. The molecule has 2 aromatic heterocycles. The highest BCUT2D eigenvalue weighted by Gasteiger charge is 2.14. The lowest BCUT2D eigenvalue weighted by Crippen LogP contribution is -2.25. The minimum atomic E-state index is -0.430. The summed E-state index contributed by atoms with van der Waals surface area (Å²) in [6, 6.07) is 17.1. The molecular formula is C30H35ClN6O3. The van der Waals surface area contributed by atoms with Crippen LogP contribution in [-0.4, -0.2) is 57.8 Å². The minimum absolute atomic E-state index is 0.0602. The fourth-order valence-electron chi connectivity index (χ4n) is 4.76. The molecule has 9 nitrogen and oxygen atoms in total. The number of aromatic nitrogens is 3. The predicted molar refractivity (Wildman–Crippen MR) is 164 cm³/mol. The van der Waals surface area contributed by atoms with Crippen LogP contribution in [0.3, 0.4) is 0 Å². The van der Waals surface area contributed by atoms with Gasteiger partial charge in [0.05, 0.1) is 35.0 Å². The van der Waals surface area contributed by atoms with Crippen LogP contribution in [0.1, 0.15) is 33.6 Å². The lowest BCUT2D eigenvalue weighted by Gasteiger charge is -2.22. The van der Waals surface area contributed by atoms with Crippen molar-refractivity contribution < 1.29 is 9.66 Å². The maximum absolute atomic E-state index is 10.5. The number of methoxy groups -OCH3 is 1. The number of nitro benzene ring substituents is 1. The molecule has 0 aliphatic carbocycles. The monoisotopic (exact) mass is 562 g/mol. The number of hydrogen-bond acceptors (Lipinski definition) is 7. The summed E-state index contributed by atoms with van der Waals surface area (Å²) < 4.78 is 5.45. The number of hydrogen-bond donors (Lipinski definition) is 2. The third-order valence-corrected chi connectivity index (χ3v) is 7.23. The maximum Gasteiger partial charge on any atom is 0.294 e. The number of anilines is 1. The Morgan fingerprint density at radius 1 is 1.10 bits per heavy atom. The van der Waals surface area contributed by atoms with Gasteiger partial charge >= 0.3 is 0 Å². The Balaban J connectivity index is 0.000000255. The van der Waals surface area contributed by atoms with Crippen molar-refractivity contribution in [3.63, 3.8) is 0 Å². The van der Waals surface area contributed by atoms with E-state index in [2.05, 4.69) is 53.3 Å². The van der Waals surface area contributed by atoms with Crippen LogP contribution >= 0.6 is 11.6 Å². The third-order valence-electron chi connectivity index (χ3n) is 6.99. The predicted octanol–water partition coefficient (Wildman–Crippen LogP) is 7.44. The number of halogens is 1. The number of non-ortho nitro benzene ring substituents is 1. The van der Waals surface area contributed by atoms with E-state index in [1.807, 2.05) is 24.3 Å². The van der Waals surface area contributed by atoms with E-state index in [4.69, 9.17) is 21.3 Å². The Bertz CT molecular complexity index is 1600. The molecule has 5 rings (SSSR count). The van der Waals surface area contributed by atoms with Crippen LogP contribution in [0.25, 0.3) is 32.7 Å².